The first-order valence-corrected chi connectivity index (χ1v) is 11.1. The van der Waals surface area contributed by atoms with Gasteiger partial charge in [0.25, 0.3) is 5.56 Å². The van der Waals surface area contributed by atoms with Gasteiger partial charge in [0, 0.05) is 38.0 Å². The maximum absolute atomic E-state index is 12.3. The highest BCUT2D eigenvalue weighted by Gasteiger charge is 2.12. The first-order valence-electron chi connectivity index (χ1n) is 10.2. The van der Waals surface area contributed by atoms with Crippen molar-refractivity contribution >= 4 is 23.4 Å². The molecule has 0 amide bonds. The van der Waals surface area contributed by atoms with E-state index in [9.17, 15) is 14.4 Å². The van der Waals surface area contributed by atoms with Crippen LogP contribution in [0, 0.1) is 0 Å². The maximum atomic E-state index is 12.3. The molecule has 0 unspecified atom stereocenters. The molecule has 0 aliphatic heterocycles. The summed E-state index contributed by atoms with van der Waals surface area (Å²) in [7, 11) is 2.92. The molecule has 3 aromatic heterocycles. The van der Waals surface area contributed by atoms with Gasteiger partial charge in [-0.1, -0.05) is 36.4 Å². The van der Waals surface area contributed by atoms with Crippen molar-refractivity contribution in [3.63, 3.8) is 0 Å². The molecule has 1 aromatic carbocycles. The zero-order chi connectivity index (χ0) is 23.4. The van der Waals surface area contributed by atoms with E-state index >= 15 is 0 Å². The Hall–Kier alpha value is -3.98. The molecule has 4 aromatic rings. The minimum Gasteiger partial charge on any atom is -0.456 e. The molecule has 9 heteroatoms. The summed E-state index contributed by atoms with van der Waals surface area (Å²) >= 11 is 1.57. The van der Waals surface area contributed by atoms with Crippen molar-refractivity contribution in [1.82, 2.24) is 18.9 Å². The van der Waals surface area contributed by atoms with Crippen LogP contribution in [-0.4, -0.2) is 24.9 Å². The summed E-state index contributed by atoms with van der Waals surface area (Å²) in [5.41, 5.74) is 2.07. The van der Waals surface area contributed by atoms with Crippen LogP contribution >= 0.6 is 11.3 Å². The van der Waals surface area contributed by atoms with Crippen molar-refractivity contribution in [3.05, 3.63) is 104 Å². The van der Waals surface area contributed by atoms with Gasteiger partial charge in [0.1, 0.15) is 12.3 Å². The monoisotopic (exact) mass is 462 g/mol. The lowest BCUT2D eigenvalue weighted by atomic mass is 10.2. The van der Waals surface area contributed by atoms with Crippen LogP contribution in [0.5, 0.6) is 0 Å². The highest BCUT2D eigenvalue weighted by Crippen LogP contribution is 2.27. The number of benzene rings is 1. The Morgan fingerprint density at radius 3 is 2.61 bits per heavy atom. The van der Waals surface area contributed by atoms with Gasteiger partial charge in [-0.2, -0.15) is 5.10 Å². The number of aromatic nitrogens is 4. The summed E-state index contributed by atoms with van der Waals surface area (Å²) in [6.07, 6.45) is 4.87. The third kappa shape index (κ3) is 5.09. The molecule has 3 heterocycles. The molecule has 0 bridgehead atoms. The molecule has 0 aliphatic rings. The predicted molar refractivity (Wildman–Crippen MR) is 127 cm³/mol. The third-order valence-corrected chi connectivity index (χ3v) is 6.00. The van der Waals surface area contributed by atoms with Crippen molar-refractivity contribution in [1.29, 1.82) is 0 Å². The fourth-order valence-corrected chi connectivity index (χ4v) is 4.01. The number of nitrogens with zero attached hydrogens (tertiary/aromatic N) is 4. The number of carbonyl (C=O) groups is 1. The lowest BCUT2D eigenvalue weighted by molar-refractivity contribution is -0.139. The standard InChI is InChI=1S/C24H22N4O4S/c1-26-19(13-21(29)27(2)24(26)31)16-32-22(30)11-10-18-15-28(14-17-7-4-3-5-8-17)25-23(18)20-9-6-12-33-20/h3-13,15H,14,16H2,1-2H3/b11-10+. The predicted octanol–water partition coefficient (Wildman–Crippen LogP) is 2.81. The van der Waals surface area contributed by atoms with E-state index in [4.69, 9.17) is 9.84 Å². The van der Waals surface area contributed by atoms with Crippen molar-refractivity contribution in [2.24, 2.45) is 14.1 Å². The average molecular weight is 463 g/mol. The topological polar surface area (TPSA) is 88.1 Å². The van der Waals surface area contributed by atoms with Crippen LogP contribution in [0.1, 0.15) is 16.8 Å². The van der Waals surface area contributed by atoms with Crippen molar-refractivity contribution in [2.75, 3.05) is 0 Å². The number of carbonyl (C=O) groups excluding carboxylic acids is 1. The lowest BCUT2D eigenvalue weighted by Gasteiger charge is -2.09. The zero-order valence-electron chi connectivity index (χ0n) is 18.2. The molecule has 0 aliphatic carbocycles. The molecule has 168 valence electrons. The van der Waals surface area contributed by atoms with Gasteiger partial charge >= 0.3 is 11.7 Å². The second-order valence-corrected chi connectivity index (χ2v) is 8.36. The molecule has 0 radical (unpaired) electrons. The van der Waals surface area contributed by atoms with Gasteiger partial charge in [0.15, 0.2) is 0 Å². The second-order valence-electron chi connectivity index (χ2n) is 7.41. The maximum Gasteiger partial charge on any atom is 0.331 e. The molecule has 33 heavy (non-hydrogen) atoms. The van der Waals surface area contributed by atoms with Gasteiger partial charge in [-0.25, -0.2) is 9.59 Å². The molecular formula is C24H22N4O4S. The minimum absolute atomic E-state index is 0.184. The van der Waals surface area contributed by atoms with Crippen LogP contribution < -0.4 is 11.2 Å². The van der Waals surface area contributed by atoms with E-state index in [1.807, 2.05) is 58.7 Å². The summed E-state index contributed by atoms with van der Waals surface area (Å²) in [5, 5.41) is 6.68. The number of hydrogen-bond acceptors (Lipinski definition) is 6. The Bertz CT molecular complexity index is 1410. The fraction of sp³-hybridized carbons (Fsp3) is 0.167. The zero-order valence-corrected chi connectivity index (χ0v) is 19.0. The van der Waals surface area contributed by atoms with E-state index in [0.29, 0.717) is 12.2 Å². The summed E-state index contributed by atoms with van der Waals surface area (Å²) in [6, 6.07) is 15.2. The van der Waals surface area contributed by atoms with E-state index in [2.05, 4.69) is 0 Å². The van der Waals surface area contributed by atoms with Crippen LogP contribution in [0.25, 0.3) is 16.6 Å². The minimum atomic E-state index is -0.587. The smallest absolute Gasteiger partial charge is 0.331 e. The number of rotatable bonds is 7. The molecule has 0 N–H and O–H groups in total. The van der Waals surface area contributed by atoms with E-state index in [1.54, 1.807) is 17.4 Å². The quantitative estimate of drug-likeness (QED) is 0.311. The molecule has 4 rings (SSSR count). The SMILES string of the molecule is Cn1c(COC(=O)/C=C/c2cn(Cc3ccccc3)nc2-c2cccs2)cc(=O)n(C)c1=O. The summed E-state index contributed by atoms with van der Waals surface area (Å²) < 4.78 is 9.36. The van der Waals surface area contributed by atoms with Crippen LogP contribution in [-0.2, 0) is 36.8 Å². The molecule has 0 saturated heterocycles. The van der Waals surface area contributed by atoms with Crippen LogP contribution in [0.15, 0.2) is 75.8 Å². The van der Waals surface area contributed by atoms with E-state index in [-0.39, 0.29) is 6.61 Å². The van der Waals surface area contributed by atoms with E-state index < -0.39 is 17.2 Å². The largest absolute Gasteiger partial charge is 0.456 e. The normalized spacial score (nSPS) is 11.2. The Kier molecular flexibility index (Phi) is 6.50. The fourth-order valence-electron chi connectivity index (χ4n) is 3.28. The highest BCUT2D eigenvalue weighted by atomic mass is 32.1. The Balaban J connectivity index is 1.51. The van der Waals surface area contributed by atoms with E-state index in [1.165, 1.54) is 30.8 Å². The second kappa shape index (κ2) is 9.66. The first kappa shape index (κ1) is 22.2. The summed E-state index contributed by atoms with van der Waals surface area (Å²) in [5.74, 6) is -0.587. The Labute approximate surface area is 193 Å². The number of thiophene rings is 1. The van der Waals surface area contributed by atoms with Crippen LogP contribution in [0.3, 0.4) is 0 Å². The van der Waals surface area contributed by atoms with Gasteiger partial charge < -0.3 is 4.74 Å². The third-order valence-electron chi connectivity index (χ3n) is 5.12. The van der Waals surface area contributed by atoms with E-state index in [0.717, 1.165) is 26.3 Å². The molecular weight excluding hydrogens is 440 g/mol. The first-order chi connectivity index (χ1) is 15.9. The van der Waals surface area contributed by atoms with Crippen LogP contribution in [0.4, 0.5) is 0 Å². The Morgan fingerprint density at radius 2 is 1.88 bits per heavy atom. The molecule has 0 saturated carbocycles. The molecule has 0 fully saturated rings. The highest BCUT2D eigenvalue weighted by molar-refractivity contribution is 7.13. The van der Waals surface area contributed by atoms with Gasteiger partial charge in [0.05, 0.1) is 17.1 Å². The average Bonchev–Trinajstić information content (AvgIpc) is 3.48. The lowest BCUT2D eigenvalue weighted by Crippen LogP contribution is -2.38. The Morgan fingerprint density at radius 1 is 1.09 bits per heavy atom. The molecule has 0 atom stereocenters. The number of esters is 1. The van der Waals surface area contributed by atoms with Gasteiger partial charge in [-0.05, 0) is 23.1 Å². The molecule has 0 spiro atoms. The van der Waals surface area contributed by atoms with Gasteiger partial charge in [-0.3, -0.25) is 18.6 Å². The summed E-state index contributed by atoms with van der Waals surface area (Å²) in [6.45, 7) is 0.421. The van der Waals surface area contributed by atoms with Crippen molar-refractivity contribution in [3.8, 4) is 10.6 Å². The summed E-state index contributed by atoms with van der Waals surface area (Å²) in [4.78, 5) is 37.2. The number of ether oxygens (including phenoxy) is 1. The van der Waals surface area contributed by atoms with Gasteiger partial charge in [0.2, 0.25) is 0 Å². The van der Waals surface area contributed by atoms with Crippen LogP contribution in [0.2, 0.25) is 0 Å². The van der Waals surface area contributed by atoms with Crippen molar-refractivity contribution < 1.29 is 9.53 Å². The van der Waals surface area contributed by atoms with Crippen molar-refractivity contribution in [2.45, 2.75) is 13.2 Å². The number of hydrogen-bond donors (Lipinski definition) is 0. The molecule has 8 nitrogen and oxygen atoms in total. The van der Waals surface area contributed by atoms with Gasteiger partial charge in [-0.15, -0.1) is 11.3 Å².